The van der Waals surface area contributed by atoms with Crippen LogP contribution in [-0.2, 0) is 6.54 Å². The second kappa shape index (κ2) is 4.47. The Labute approximate surface area is 112 Å². The molecular weight excluding hydrogens is 262 g/mol. The van der Waals surface area contributed by atoms with Gasteiger partial charge in [-0.05, 0) is 19.1 Å². The summed E-state index contributed by atoms with van der Waals surface area (Å²) in [7, 11) is 0. The van der Waals surface area contributed by atoms with Gasteiger partial charge in [-0.3, -0.25) is 9.36 Å². The molecule has 0 aliphatic heterocycles. The quantitative estimate of drug-likeness (QED) is 0.769. The molecule has 5 nitrogen and oxygen atoms in total. The summed E-state index contributed by atoms with van der Waals surface area (Å²) in [6.07, 6.45) is 1.66. The van der Waals surface area contributed by atoms with Crippen molar-refractivity contribution >= 4 is 22.2 Å². The summed E-state index contributed by atoms with van der Waals surface area (Å²) in [5, 5.41) is 3.08. The van der Waals surface area contributed by atoms with Crippen LogP contribution in [-0.4, -0.2) is 14.5 Å². The van der Waals surface area contributed by atoms with Gasteiger partial charge in [-0.1, -0.05) is 11.6 Å². The van der Waals surface area contributed by atoms with Gasteiger partial charge in [-0.25, -0.2) is 9.78 Å². The Kier molecular flexibility index (Phi) is 2.79. The number of H-pyrrole nitrogens is 1. The van der Waals surface area contributed by atoms with Gasteiger partial charge in [0.15, 0.2) is 0 Å². The molecule has 2 heterocycles. The minimum atomic E-state index is -0.406. The van der Waals surface area contributed by atoms with Gasteiger partial charge in [0.25, 0.3) is 5.56 Å². The first kappa shape index (κ1) is 11.9. The molecule has 6 heteroatoms. The van der Waals surface area contributed by atoms with Crippen LogP contribution in [0.5, 0.6) is 0 Å². The fourth-order valence-electron chi connectivity index (χ4n) is 1.97. The number of nitrogens with one attached hydrogen (secondary N) is 1. The van der Waals surface area contributed by atoms with Gasteiger partial charge in [-0.15, -0.1) is 11.3 Å². The molecule has 0 aliphatic rings. The minimum absolute atomic E-state index is 0.204. The second-order valence-corrected chi connectivity index (χ2v) is 5.28. The van der Waals surface area contributed by atoms with Crippen molar-refractivity contribution in [3.8, 4) is 0 Å². The number of aromatic nitrogens is 3. The number of aromatic amines is 1. The molecule has 3 aromatic rings. The van der Waals surface area contributed by atoms with E-state index in [2.05, 4.69) is 9.97 Å². The topological polar surface area (TPSA) is 67.8 Å². The molecule has 0 atom stereocenters. The highest BCUT2D eigenvalue weighted by molar-refractivity contribution is 7.09. The van der Waals surface area contributed by atoms with Crippen molar-refractivity contribution in [3.05, 3.63) is 61.2 Å². The molecule has 0 aliphatic carbocycles. The molecule has 1 aromatic carbocycles. The zero-order chi connectivity index (χ0) is 13.4. The number of rotatable bonds is 2. The summed E-state index contributed by atoms with van der Waals surface area (Å²) in [5.41, 5.74) is 0.864. The maximum absolute atomic E-state index is 12.3. The Hall–Kier alpha value is -2.21. The zero-order valence-corrected chi connectivity index (χ0v) is 11.0. The third-order valence-corrected chi connectivity index (χ3v) is 3.68. The number of fused-ring (bicyclic) bond motifs is 1. The van der Waals surface area contributed by atoms with Crippen LogP contribution in [0.4, 0.5) is 0 Å². The lowest BCUT2D eigenvalue weighted by atomic mass is 10.2. The molecule has 0 saturated carbocycles. The number of aryl methyl sites for hydroxylation is 1. The lowest BCUT2D eigenvalue weighted by Gasteiger charge is -2.05. The van der Waals surface area contributed by atoms with Crippen LogP contribution < -0.4 is 11.2 Å². The van der Waals surface area contributed by atoms with Crippen molar-refractivity contribution in [3.63, 3.8) is 0 Å². The smallest absolute Gasteiger partial charge is 0.307 e. The summed E-state index contributed by atoms with van der Waals surface area (Å²) in [6, 6.07) is 5.40. The van der Waals surface area contributed by atoms with E-state index in [-0.39, 0.29) is 12.1 Å². The van der Waals surface area contributed by atoms with Crippen molar-refractivity contribution in [1.29, 1.82) is 0 Å². The Morgan fingerprint density at radius 3 is 2.95 bits per heavy atom. The first-order valence-electron chi connectivity index (χ1n) is 5.77. The Bertz CT molecular complexity index is 846. The SMILES string of the molecule is Cc1ccc2[nH]c(=O)n(Cc3nccs3)c(=O)c2c1. The maximum atomic E-state index is 12.3. The standard InChI is InChI=1S/C13H11N3O2S/c1-8-2-3-10-9(6-8)12(17)16(13(18)15-10)7-11-14-4-5-19-11/h2-6H,7H2,1H3,(H,15,18). The predicted molar refractivity (Wildman–Crippen MR) is 74.8 cm³/mol. The average molecular weight is 273 g/mol. The van der Waals surface area contributed by atoms with E-state index < -0.39 is 5.69 Å². The molecule has 0 radical (unpaired) electrons. The third-order valence-electron chi connectivity index (χ3n) is 2.91. The van der Waals surface area contributed by atoms with Crippen LogP contribution in [0.15, 0.2) is 39.4 Å². The summed E-state index contributed by atoms with van der Waals surface area (Å²) >= 11 is 1.42. The molecule has 2 aromatic heterocycles. The van der Waals surface area contributed by atoms with E-state index in [1.165, 1.54) is 15.9 Å². The van der Waals surface area contributed by atoms with Gasteiger partial charge in [0.05, 0.1) is 17.4 Å². The lowest BCUT2D eigenvalue weighted by Crippen LogP contribution is -2.35. The van der Waals surface area contributed by atoms with Crippen molar-refractivity contribution in [1.82, 2.24) is 14.5 Å². The molecule has 3 rings (SSSR count). The number of hydrogen-bond donors (Lipinski definition) is 1. The number of nitrogens with zero attached hydrogens (tertiary/aromatic N) is 2. The summed E-state index contributed by atoms with van der Waals surface area (Å²) < 4.78 is 1.18. The molecule has 0 unspecified atom stereocenters. The van der Waals surface area contributed by atoms with Crippen LogP contribution in [0.3, 0.4) is 0 Å². The summed E-state index contributed by atoms with van der Waals surface area (Å²) in [6.45, 7) is 2.12. The van der Waals surface area contributed by atoms with Crippen molar-refractivity contribution in [2.24, 2.45) is 0 Å². The molecule has 0 amide bonds. The van der Waals surface area contributed by atoms with E-state index >= 15 is 0 Å². The average Bonchev–Trinajstić information content (AvgIpc) is 2.89. The first-order valence-corrected chi connectivity index (χ1v) is 6.65. The van der Waals surface area contributed by atoms with Crippen LogP contribution >= 0.6 is 11.3 Å². The number of benzene rings is 1. The zero-order valence-electron chi connectivity index (χ0n) is 10.2. The Balaban J connectivity index is 2.25. The van der Waals surface area contributed by atoms with Gasteiger partial charge in [0.1, 0.15) is 5.01 Å². The van der Waals surface area contributed by atoms with Crippen molar-refractivity contribution in [2.75, 3.05) is 0 Å². The number of hydrogen-bond acceptors (Lipinski definition) is 4. The minimum Gasteiger partial charge on any atom is -0.307 e. The highest BCUT2D eigenvalue weighted by Gasteiger charge is 2.09. The summed E-state index contributed by atoms with van der Waals surface area (Å²) in [4.78, 5) is 31.1. The predicted octanol–water partition coefficient (Wildman–Crippen LogP) is 1.50. The van der Waals surface area contributed by atoms with Gasteiger partial charge in [-0.2, -0.15) is 0 Å². The molecule has 0 spiro atoms. The highest BCUT2D eigenvalue weighted by Crippen LogP contribution is 2.09. The maximum Gasteiger partial charge on any atom is 0.329 e. The molecule has 96 valence electrons. The third kappa shape index (κ3) is 2.10. The van der Waals surface area contributed by atoms with Crippen LogP contribution in [0.1, 0.15) is 10.6 Å². The van der Waals surface area contributed by atoms with E-state index in [9.17, 15) is 9.59 Å². The molecule has 0 bridgehead atoms. The molecule has 0 saturated heterocycles. The molecule has 0 fully saturated rings. The Morgan fingerprint density at radius 2 is 2.21 bits per heavy atom. The van der Waals surface area contributed by atoms with Gasteiger partial charge in [0, 0.05) is 11.6 Å². The van der Waals surface area contributed by atoms with Crippen molar-refractivity contribution < 1.29 is 0 Å². The van der Waals surface area contributed by atoms with E-state index in [0.29, 0.717) is 10.9 Å². The normalized spacial score (nSPS) is 11.0. The van der Waals surface area contributed by atoms with E-state index in [0.717, 1.165) is 10.6 Å². The largest absolute Gasteiger partial charge is 0.329 e. The summed E-state index contributed by atoms with van der Waals surface area (Å²) in [5.74, 6) is 0. The van der Waals surface area contributed by atoms with Gasteiger partial charge >= 0.3 is 5.69 Å². The van der Waals surface area contributed by atoms with Gasteiger partial charge < -0.3 is 4.98 Å². The first-order chi connectivity index (χ1) is 9.15. The van der Waals surface area contributed by atoms with E-state index in [1.54, 1.807) is 18.3 Å². The molecule has 1 N–H and O–H groups in total. The fraction of sp³-hybridized carbons (Fsp3) is 0.154. The molecule has 19 heavy (non-hydrogen) atoms. The van der Waals surface area contributed by atoms with Gasteiger partial charge in [0.2, 0.25) is 0 Å². The highest BCUT2D eigenvalue weighted by atomic mass is 32.1. The Morgan fingerprint density at radius 1 is 1.37 bits per heavy atom. The van der Waals surface area contributed by atoms with Crippen molar-refractivity contribution in [2.45, 2.75) is 13.5 Å². The second-order valence-electron chi connectivity index (χ2n) is 4.30. The van der Waals surface area contributed by atoms with Crippen LogP contribution in [0, 0.1) is 6.92 Å². The van der Waals surface area contributed by atoms with Crippen LogP contribution in [0.2, 0.25) is 0 Å². The van der Waals surface area contributed by atoms with E-state index in [4.69, 9.17) is 0 Å². The van der Waals surface area contributed by atoms with Crippen LogP contribution in [0.25, 0.3) is 10.9 Å². The fourth-order valence-corrected chi connectivity index (χ4v) is 2.58. The lowest BCUT2D eigenvalue weighted by molar-refractivity contribution is 0.707. The number of thiazole rings is 1. The van der Waals surface area contributed by atoms with E-state index in [1.807, 2.05) is 18.4 Å². The molecular formula is C13H11N3O2S. The monoisotopic (exact) mass is 273 g/mol.